The number of aromatic nitrogens is 3. The molecule has 0 unspecified atom stereocenters. The minimum Gasteiger partial charge on any atom is -0.491 e. The number of ether oxygens (including phenoxy) is 1. The summed E-state index contributed by atoms with van der Waals surface area (Å²) < 4.78 is 22.0. The van der Waals surface area contributed by atoms with Gasteiger partial charge in [0.2, 0.25) is 5.91 Å². The Morgan fingerprint density at radius 2 is 1.87 bits per heavy atom. The highest BCUT2D eigenvalue weighted by molar-refractivity contribution is 5.87. The molecule has 1 N–H and O–H groups in total. The van der Waals surface area contributed by atoms with Crippen molar-refractivity contribution in [2.24, 2.45) is 0 Å². The number of hydrogen-bond donors (Lipinski definition) is 1. The van der Waals surface area contributed by atoms with Gasteiger partial charge in [0.25, 0.3) is 5.56 Å². The fourth-order valence-electron chi connectivity index (χ4n) is 3.55. The Morgan fingerprint density at radius 1 is 1.13 bits per heavy atom. The van der Waals surface area contributed by atoms with Crippen LogP contribution in [-0.4, -0.2) is 26.2 Å². The predicted octanol–water partition coefficient (Wildman–Crippen LogP) is 3.20. The summed E-state index contributed by atoms with van der Waals surface area (Å²) in [5.74, 6) is 0.592. The summed E-state index contributed by atoms with van der Waals surface area (Å²) in [6, 6.07) is 13.4. The maximum Gasteiger partial charge on any atom is 0.291 e. The molecule has 0 aliphatic carbocycles. The number of nitrogens with one attached hydrogen (secondary N) is 1. The van der Waals surface area contributed by atoms with Crippen molar-refractivity contribution in [1.29, 1.82) is 0 Å². The van der Waals surface area contributed by atoms with Gasteiger partial charge in [-0.25, -0.2) is 9.07 Å². The Hall–Kier alpha value is -3.68. The topological polar surface area (TPSA) is 77.6 Å². The van der Waals surface area contributed by atoms with Crippen LogP contribution in [0.2, 0.25) is 0 Å². The van der Waals surface area contributed by atoms with Gasteiger partial charge in [0, 0.05) is 11.9 Å². The van der Waals surface area contributed by atoms with Crippen molar-refractivity contribution >= 4 is 22.3 Å². The average molecular weight is 422 g/mol. The molecule has 2 heterocycles. The van der Waals surface area contributed by atoms with Crippen molar-refractivity contribution in [1.82, 2.24) is 19.5 Å². The van der Waals surface area contributed by atoms with E-state index in [2.05, 4.69) is 10.4 Å². The summed E-state index contributed by atoms with van der Waals surface area (Å²) in [6.07, 6.45) is 0.0920. The Labute approximate surface area is 178 Å². The highest BCUT2D eigenvalue weighted by Gasteiger charge is 2.14. The van der Waals surface area contributed by atoms with Crippen LogP contribution in [0.4, 0.5) is 4.39 Å². The van der Waals surface area contributed by atoms with Gasteiger partial charge >= 0.3 is 0 Å². The molecule has 0 atom stereocenters. The number of hydrogen-bond acceptors (Lipinski definition) is 4. The highest BCUT2D eigenvalue weighted by Crippen LogP contribution is 2.20. The average Bonchev–Trinajstić information content (AvgIpc) is 3.10. The summed E-state index contributed by atoms with van der Waals surface area (Å²) in [5, 5.41) is 7.68. The Kier molecular flexibility index (Phi) is 5.46. The first-order chi connectivity index (χ1) is 14.8. The number of halogens is 1. The van der Waals surface area contributed by atoms with Crippen LogP contribution in [-0.2, 0) is 17.9 Å². The first-order valence-electron chi connectivity index (χ1n) is 10.0. The molecule has 8 heteroatoms. The molecule has 0 saturated heterocycles. The van der Waals surface area contributed by atoms with E-state index in [1.54, 1.807) is 23.5 Å². The highest BCUT2D eigenvalue weighted by atomic mass is 19.1. The van der Waals surface area contributed by atoms with Crippen LogP contribution in [0.3, 0.4) is 0 Å². The fraction of sp³-hybridized carbons (Fsp3) is 0.261. The first-order valence-corrected chi connectivity index (χ1v) is 10.0. The molecule has 2 aromatic heterocycles. The largest absolute Gasteiger partial charge is 0.491 e. The smallest absolute Gasteiger partial charge is 0.291 e. The number of rotatable bonds is 6. The van der Waals surface area contributed by atoms with Crippen LogP contribution in [0.15, 0.2) is 53.3 Å². The lowest BCUT2D eigenvalue weighted by molar-refractivity contribution is -0.122. The zero-order valence-electron chi connectivity index (χ0n) is 17.6. The molecule has 160 valence electrons. The van der Waals surface area contributed by atoms with Crippen LogP contribution >= 0.6 is 0 Å². The van der Waals surface area contributed by atoms with E-state index in [-0.39, 0.29) is 24.4 Å². The zero-order chi connectivity index (χ0) is 22.1. The van der Waals surface area contributed by atoms with Crippen molar-refractivity contribution in [2.75, 3.05) is 0 Å². The van der Waals surface area contributed by atoms with Gasteiger partial charge in [-0.15, -0.1) is 0 Å². The third kappa shape index (κ3) is 4.28. The molecule has 0 aliphatic heterocycles. The Balaban J connectivity index is 1.50. The van der Waals surface area contributed by atoms with Gasteiger partial charge in [-0.1, -0.05) is 12.1 Å². The van der Waals surface area contributed by atoms with Crippen molar-refractivity contribution in [3.05, 3.63) is 76.1 Å². The number of nitrogens with zero attached hydrogens (tertiary/aromatic N) is 3. The summed E-state index contributed by atoms with van der Waals surface area (Å²) in [4.78, 5) is 25.3. The van der Waals surface area contributed by atoms with Gasteiger partial charge in [-0.05, 0) is 62.7 Å². The van der Waals surface area contributed by atoms with E-state index in [1.807, 2.05) is 38.1 Å². The SMILES string of the molecule is Cc1nn(CC(=O)NCc2ccc(OC(C)C)cc2)c(=O)c2cc3cc(F)ccc3n12. The van der Waals surface area contributed by atoms with Crippen LogP contribution < -0.4 is 15.6 Å². The van der Waals surface area contributed by atoms with E-state index >= 15 is 0 Å². The van der Waals surface area contributed by atoms with Crippen molar-refractivity contribution in [3.8, 4) is 5.75 Å². The Bertz CT molecular complexity index is 1320. The maximum atomic E-state index is 13.6. The zero-order valence-corrected chi connectivity index (χ0v) is 17.6. The van der Waals surface area contributed by atoms with Crippen LogP contribution in [0.1, 0.15) is 25.2 Å². The number of carbonyl (C=O) groups is 1. The third-order valence-corrected chi connectivity index (χ3v) is 4.88. The molecule has 4 rings (SSSR count). The predicted molar refractivity (Wildman–Crippen MR) is 116 cm³/mol. The summed E-state index contributed by atoms with van der Waals surface area (Å²) >= 11 is 0. The minimum absolute atomic E-state index is 0.0920. The molecule has 7 nitrogen and oxygen atoms in total. The van der Waals surface area contributed by atoms with Gasteiger partial charge in [-0.3, -0.25) is 14.0 Å². The monoisotopic (exact) mass is 422 g/mol. The van der Waals surface area contributed by atoms with Crippen LogP contribution in [0.25, 0.3) is 16.4 Å². The molecule has 0 saturated carbocycles. The van der Waals surface area contributed by atoms with Gasteiger partial charge in [0.1, 0.15) is 29.5 Å². The molecule has 0 fully saturated rings. The quantitative estimate of drug-likeness (QED) is 0.518. The number of aryl methyl sites for hydroxylation is 1. The summed E-state index contributed by atoms with van der Waals surface area (Å²) in [7, 11) is 0. The lowest BCUT2D eigenvalue weighted by Gasteiger charge is -2.11. The van der Waals surface area contributed by atoms with Crippen molar-refractivity contribution in [2.45, 2.75) is 40.0 Å². The number of amides is 1. The van der Waals surface area contributed by atoms with Gasteiger partial charge in [0.05, 0.1) is 11.6 Å². The molecule has 4 aromatic rings. The first kappa shape index (κ1) is 20.6. The lowest BCUT2D eigenvalue weighted by Crippen LogP contribution is -2.34. The molecular weight excluding hydrogens is 399 g/mol. The fourth-order valence-corrected chi connectivity index (χ4v) is 3.55. The minimum atomic E-state index is -0.410. The van der Waals surface area contributed by atoms with E-state index in [4.69, 9.17) is 4.74 Å². The second kappa shape index (κ2) is 8.22. The van der Waals surface area contributed by atoms with E-state index in [1.165, 1.54) is 12.1 Å². The standard InChI is InChI=1S/C23H23FN4O3/c1-14(2)31-19-7-4-16(5-8-19)12-25-22(29)13-27-23(30)21-11-17-10-18(24)6-9-20(17)28(21)15(3)26-27/h4-11,14H,12-13H2,1-3H3,(H,25,29). The summed E-state index contributed by atoms with van der Waals surface area (Å²) in [5.41, 5.74) is 1.55. The lowest BCUT2D eigenvalue weighted by atomic mass is 10.2. The number of carbonyl (C=O) groups excluding carboxylic acids is 1. The molecule has 0 spiro atoms. The number of fused-ring (bicyclic) bond motifs is 3. The van der Waals surface area contributed by atoms with E-state index in [0.29, 0.717) is 28.8 Å². The van der Waals surface area contributed by atoms with Crippen LogP contribution in [0.5, 0.6) is 5.75 Å². The van der Waals surface area contributed by atoms with Gasteiger partial charge < -0.3 is 10.1 Å². The molecule has 0 radical (unpaired) electrons. The van der Waals surface area contributed by atoms with E-state index in [9.17, 15) is 14.0 Å². The molecule has 31 heavy (non-hydrogen) atoms. The Morgan fingerprint density at radius 3 is 2.58 bits per heavy atom. The third-order valence-electron chi connectivity index (χ3n) is 4.88. The maximum absolute atomic E-state index is 13.6. The molecule has 1 amide bonds. The molecule has 2 aromatic carbocycles. The second-order valence-corrected chi connectivity index (χ2v) is 7.67. The molecular formula is C23H23FN4O3. The van der Waals surface area contributed by atoms with Crippen LogP contribution in [0, 0.1) is 12.7 Å². The molecule has 0 aliphatic rings. The van der Waals surface area contributed by atoms with Crippen molar-refractivity contribution in [3.63, 3.8) is 0 Å². The van der Waals surface area contributed by atoms with E-state index in [0.717, 1.165) is 16.0 Å². The van der Waals surface area contributed by atoms with E-state index < -0.39 is 5.56 Å². The number of benzene rings is 2. The molecule has 0 bridgehead atoms. The van der Waals surface area contributed by atoms with Crippen molar-refractivity contribution < 1.29 is 13.9 Å². The van der Waals surface area contributed by atoms with Gasteiger partial charge in [-0.2, -0.15) is 5.10 Å². The summed E-state index contributed by atoms with van der Waals surface area (Å²) in [6.45, 7) is 5.77. The second-order valence-electron chi connectivity index (χ2n) is 7.67. The normalized spacial score (nSPS) is 11.4. The van der Waals surface area contributed by atoms with Gasteiger partial charge in [0.15, 0.2) is 0 Å².